The Labute approximate surface area is 181 Å². The third-order valence-electron chi connectivity index (χ3n) is 4.43. The molecule has 0 amide bonds. The minimum Gasteiger partial charge on any atom is -0.352 e. The molecule has 2 aromatic rings. The minimum absolute atomic E-state index is 0. The SMILES string of the molecule is CN=C(NCc1c(F)c(F)cc(F)c1F)NC1CCN(c2ncccc2F)C1.I. The number of hydrogen-bond acceptors (Lipinski definition) is 3. The largest absolute Gasteiger partial charge is 0.352 e. The molecule has 0 aliphatic carbocycles. The highest BCUT2D eigenvalue weighted by Gasteiger charge is 2.26. The van der Waals surface area contributed by atoms with Gasteiger partial charge in [-0.25, -0.2) is 26.9 Å². The van der Waals surface area contributed by atoms with Gasteiger partial charge in [0.25, 0.3) is 0 Å². The predicted octanol–water partition coefficient (Wildman–Crippen LogP) is 3.34. The van der Waals surface area contributed by atoms with E-state index in [0.717, 1.165) is 0 Å². The van der Waals surface area contributed by atoms with Crippen molar-refractivity contribution >= 4 is 35.8 Å². The summed E-state index contributed by atoms with van der Waals surface area (Å²) in [7, 11) is 1.44. The lowest BCUT2D eigenvalue weighted by Crippen LogP contribution is -2.44. The number of aliphatic imine (C=N–C) groups is 1. The van der Waals surface area contributed by atoms with E-state index in [0.29, 0.717) is 19.5 Å². The molecule has 1 fully saturated rings. The molecule has 5 nitrogen and oxygen atoms in total. The molecule has 1 atom stereocenters. The van der Waals surface area contributed by atoms with E-state index < -0.39 is 41.2 Å². The molecular formula is C18H19F5IN5. The van der Waals surface area contributed by atoms with E-state index in [1.165, 1.54) is 25.4 Å². The second kappa shape index (κ2) is 10.0. The summed E-state index contributed by atoms with van der Waals surface area (Å²) in [4.78, 5) is 9.73. The van der Waals surface area contributed by atoms with Gasteiger partial charge in [-0.15, -0.1) is 24.0 Å². The summed E-state index contributed by atoms with van der Waals surface area (Å²) in [5.41, 5.74) is -0.760. The first-order valence-electron chi connectivity index (χ1n) is 8.55. The molecule has 2 N–H and O–H groups in total. The quantitative estimate of drug-likeness (QED) is 0.211. The lowest BCUT2D eigenvalue weighted by Gasteiger charge is -2.20. The number of nitrogens with one attached hydrogen (secondary N) is 2. The molecule has 29 heavy (non-hydrogen) atoms. The molecule has 0 spiro atoms. The Morgan fingerprint density at radius 2 is 1.86 bits per heavy atom. The number of benzene rings is 1. The first-order valence-corrected chi connectivity index (χ1v) is 8.55. The zero-order valence-corrected chi connectivity index (χ0v) is 17.7. The Kier molecular flexibility index (Phi) is 7.99. The number of aromatic nitrogens is 1. The summed E-state index contributed by atoms with van der Waals surface area (Å²) in [6, 6.07) is 2.85. The van der Waals surface area contributed by atoms with Crippen LogP contribution in [0.25, 0.3) is 0 Å². The van der Waals surface area contributed by atoms with Crippen molar-refractivity contribution in [2.45, 2.75) is 19.0 Å². The van der Waals surface area contributed by atoms with E-state index in [9.17, 15) is 22.0 Å². The average Bonchev–Trinajstić information content (AvgIpc) is 3.14. The molecule has 1 aliphatic rings. The number of halogens is 6. The number of nitrogens with zero attached hydrogens (tertiary/aromatic N) is 3. The molecule has 158 valence electrons. The van der Waals surface area contributed by atoms with Gasteiger partial charge in [-0.05, 0) is 18.6 Å². The average molecular weight is 527 g/mol. The summed E-state index contributed by atoms with van der Waals surface area (Å²) >= 11 is 0. The topological polar surface area (TPSA) is 52.6 Å². The van der Waals surface area contributed by atoms with Crippen LogP contribution in [0.1, 0.15) is 12.0 Å². The van der Waals surface area contributed by atoms with Crippen LogP contribution in [0.2, 0.25) is 0 Å². The number of pyridine rings is 1. The van der Waals surface area contributed by atoms with Crippen molar-refractivity contribution in [2.24, 2.45) is 4.99 Å². The highest BCUT2D eigenvalue weighted by atomic mass is 127. The number of hydrogen-bond donors (Lipinski definition) is 2. The van der Waals surface area contributed by atoms with Crippen molar-refractivity contribution < 1.29 is 22.0 Å². The summed E-state index contributed by atoms with van der Waals surface area (Å²) in [5.74, 6) is -5.85. The molecule has 1 saturated heterocycles. The molecule has 1 unspecified atom stereocenters. The van der Waals surface area contributed by atoms with E-state index in [4.69, 9.17) is 0 Å². The first-order chi connectivity index (χ1) is 13.4. The Bertz CT molecular complexity index is 869. The third-order valence-corrected chi connectivity index (χ3v) is 4.43. The Balaban J connectivity index is 0.00000300. The molecule has 1 aromatic heterocycles. The second-order valence-corrected chi connectivity index (χ2v) is 6.26. The standard InChI is InChI=1S/C18H18F5N5.HI/c1-24-18(26-8-11-15(22)13(20)7-14(21)16(11)23)27-10-4-6-28(9-10)17-12(19)3-2-5-25-17;/h2-3,5,7,10H,4,6,8-9H2,1H3,(H2,24,26,27);1H. The number of anilines is 1. The fourth-order valence-electron chi connectivity index (χ4n) is 3.02. The fourth-order valence-corrected chi connectivity index (χ4v) is 3.02. The van der Waals surface area contributed by atoms with Gasteiger partial charge < -0.3 is 15.5 Å². The molecule has 2 heterocycles. The van der Waals surface area contributed by atoms with Crippen molar-refractivity contribution in [3.05, 3.63) is 59.0 Å². The van der Waals surface area contributed by atoms with Crippen molar-refractivity contribution in [1.82, 2.24) is 15.6 Å². The Morgan fingerprint density at radius 3 is 2.48 bits per heavy atom. The van der Waals surface area contributed by atoms with Crippen LogP contribution in [0.15, 0.2) is 29.4 Å². The molecule has 0 saturated carbocycles. The summed E-state index contributed by atoms with van der Waals surface area (Å²) in [6.45, 7) is 0.490. The van der Waals surface area contributed by atoms with Gasteiger partial charge in [-0.1, -0.05) is 0 Å². The van der Waals surface area contributed by atoms with Crippen LogP contribution in [0.4, 0.5) is 27.8 Å². The summed E-state index contributed by atoms with van der Waals surface area (Å²) in [5, 5.41) is 5.67. The van der Waals surface area contributed by atoms with Crippen molar-refractivity contribution in [2.75, 3.05) is 25.0 Å². The van der Waals surface area contributed by atoms with Crippen LogP contribution in [0.5, 0.6) is 0 Å². The number of guanidine groups is 1. The summed E-state index contributed by atoms with van der Waals surface area (Å²) < 4.78 is 67.9. The Morgan fingerprint density at radius 1 is 1.17 bits per heavy atom. The van der Waals surface area contributed by atoms with Gasteiger partial charge in [0.2, 0.25) is 0 Å². The summed E-state index contributed by atoms with van der Waals surface area (Å²) in [6.07, 6.45) is 2.15. The van der Waals surface area contributed by atoms with E-state index >= 15 is 0 Å². The van der Waals surface area contributed by atoms with Crippen LogP contribution in [0, 0.1) is 29.1 Å². The van der Waals surface area contributed by atoms with Gasteiger partial charge >= 0.3 is 0 Å². The Hall–Kier alpha value is -2.18. The van der Waals surface area contributed by atoms with E-state index in [2.05, 4.69) is 20.6 Å². The first kappa shape index (κ1) is 23.1. The highest BCUT2D eigenvalue weighted by Crippen LogP contribution is 2.21. The van der Waals surface area contributed by atoms with Crippen molar-refractivity contribution in [3.63, 3.8) is 0 Å². The molecule has 11 heteroatoms. The molecule has 1 aliphatic heterocycles. The van der Waals surface area contributed by atoms with Crippen molar-refractivity contribution in [3.8, 4) is 0 Å². The maximum atomic E-state index is 13.9. The smallest absolute Gasteiger partial charge is 0.191 e. The van der Waals surface area contributed by atoms with Gasteiger partial charge in [-0.2, -0.15) is 0 Å². The molecule has 0 bridgehead atoms. The minimum atomic E-state index is -1.47. The third kappa shape index (κ3) is 5.25. The lowest BCUT2D eigenvalue weighted by molar-refractivity contribution is 0.436. The van der Waals surface area contributed by atoms with Crippen LogP contribution in [-0.4, -0.2) is 37.1 Å². The van der Waals surface area contributed by atoms with Gasteiger partial charge in [0.1, 0.15) is 0 Å². The fraction of sp³-hybridized carbons (Fsp3) is 0.333. The van der Waals surface area contributed by atoms with Gasteiger partial charge in [0.15, 0.2) is 40.9 Å². The van der Waals surface area contributed by atoms with E-state index in [1.54, 1.807) is 4.90 Å². The van der Waals surface area contributed by atoms with Crippen LogP contribution >= 0.6 is 24.0 Å². The van der Waals surface area contributed by atoms with E-state index in [-0.39, 0.29) is 47.9 Å². The van der Waals surface area contributed by atoms with Gasteiger partial charge in [0.05, 0.1) is 0 Å². The second-order valence-electron chi connectivity index (χ2n) is 6.26. The molecule has 3 rings (SSSR count). The maximum absolute atomic E-state index is 13.9. The van der Waals surface area contributed by atoms with Gasteiger partial charge in [-0.3, -0.25) is 4.99 Å². The van der Waals surface area contributed by atoms with Crippen LogP contribution in [-0.2, 0) is 6.54 Å². The molecule has 0 radical (unpaired) electrons. The zero-order chi connectivity index (χ0) is 20.3. The lowest BCUT2D eigenvalue weighted by atomic mass is 10.2. The molecular weight excluding hydrogens is 508 g/mol. The highest BCUT2D eigenvalue weighted by molar-refractivity contribution is 14.0. The monoisotopic (exact) mass is 527 g/mol. The zero-order valence-electron chi connectivity index (χ0n) is 15.4. The number of rotatable bonds is 4. The van der Waals surface area contributed by atoms with E-state index in [1.807, 2.05) is 0 Å². The van der Waals surface area contributed by atoms with Crippen LogP contribution < -0.4 is 15.5 Å². The maximum Gasteiger partial charge on any atom is 0.191 e. The van der Waals surface area contributed by atoms with Gasteiger partial charge in [0, 0.05) is 50.6 Å². The predicted molar refractivity (Wildman–Crippen MR) is 110 cm³/mol. The molecule has 1 aromatic carbocycles. The van der Waals surface area contributed by atoms with Crippen LogP contribution in [0.3, 0.4) is 0 Å². The normalized spacial score (nSPS) is 16.6. The van der Waals surface area contributed by atoms with Crippen molar-refractivity contribution in [1.29, 1.82) is 0 Å².